The van der Waals surface area contributed by atoms with Gasteiger partial charge < -0.3 is 9.47 Å². The van der Waals surface area contributed by atoms with Gasteiger partial charge in [-0.2, -0.15) is 0 Å². The molecule has 0 unspecified atom stereocenters. The number of hydrogen-bond donors (Lipinski definition) is 3. The molecule has 0 aliphatic rings. The Bertz CT molecular complexity index is 907. The number of benzene rings is 2. The van der Waals surface area contributed by atoms with E-state index in [1.165, 1.54) is 56.1 Å². The molecule has 3 N–H and O–H groups in total. The van der Waals surface area contributed by atoms with Crippen LogP contribution in [0.4, 0.5) is 5.69 Å². The van der Waals surface area contributed by atoms with Crippen LogP contribution >= 0.6 is 0 Å². The van der Waals surface area contributed by atoms with E-state index in [0.29, 0.717) is 22.7 Å². The van der Waals surface area contributed by atoms with Gasteiger partial charge in [-0.3, -0.25) is 14.7 Å². The molecular formula is C17H18N2O6S. The van der Waals surface area contributed by atoms with Crippen LogP contribution in [0.15, 0.2) is 53.4 Å². The fraction of sp³-hybridized carbons (Fsp3) is 0.118. The molecule has 2 aromatic carbocycles. The summed E-state index contributed by atoms with van der Waals surface area (Å²) in [4.78, 5) is 11.0. The van der Waals surface area contributed by atoms with Crippen molar-refractivity contribution < 1.29 is 27.9 Å². The van der Waals surface area contributed by atoms with Crippen molar-refractivity contribution in [2.75, 3.05) is 18.9 Å². The van der Waals surface area contributed by atoms with Crippen molar-refractivity contribution in [1.29, 1.82) is 0 Å². The summed E-state index contributed by atoms with van der Waals surface area (Å²) < 4.78 is 37.7. The second kappa shape index (κ2) is 8.37. The Labute approximate surface area is 151 Å². The average molecular weight is 378 g/mol. The maximum absolute atomic E-state index is 12.5. The first-order chi connectivity index (χ1) is 12.4. The van der Waals surface area contributed by atoms with Crippen molar-refractivity contribution in [2.45, 2.75) is 4.90 Å². The van der Waals surface area contributed by atoms with E-state index in [4.69, 9.17) is 14.7 Å². The number of ether oxygens (including phenoxy) is 2. The van der Waals surface area contributed by atoms with E-state index in [1.54, 1.807) is 12.1 Å². The SMILES string of the molecule is COc1ccc(NS(=O)(=O)c2ccc(/C=C/C(=O)NO)cc2)cc1OC. The molecule has 0 aliphatic heterocycles. The third-order valence-corrected chi connectivity index (χ3v) is 4.76. The highest BCUT2D eigenvalue weighted by molar-refractivity contribution is 7.92. The Morgan fingerprint density at radius 1 is 1.04 bits per heavy atom. The van der Waals surface area contributed by atoms with E-state index in [0.717, 1.165) is 6.08 Å². The van der Waals surface area contributed by atoms with Crippen LogP contribution in [0.3, 0.4) is 0 Å². The van der Waals surface area contributed by atoms with Crippen molar-refractivity contribution >= 4 is 27.7 Å². The lowest BCUT2D eigenvalue weighted by molar-refractivity contribution is -0.124. The molecule has 0 aromatic heterocycles. The molecule has 0 saturated carbocycles. The van der Waals surface area contributed by atoms with Crippen LogP contribution in [0.25, 0.3) is 6.08 Å². The molecule has 26 heavy (non-hydrogen) atoms. The van der Waals surface area contributed by atoms with E-state index >= 15 is 0 Å². The number of methoxy groups -OCH3 is 2. The van der Waals surface area contributed by atoms with Gasteiger partial charge in [-0.05, 0) is 35.9 Å². The van der Waals surface area contributed by atoms with Gasteiger partial charge in [0.15, 0.2) is 11.5 Å². The number of carbonyl (C=O) groups is 1. The van der Waals surface area contributed by atoms with Crippen LogP contribution in [0.1, 0.15) is 5.56 Å². The molecular weight excluding hydrogens is 360 g/mol. The average Bonchev–Trinajstić information content (AvgIpc) is 2.65. The molecule has 1 amide bonds. The Kier molecular flexibility index (Phi) is 6.21. The lowest BCUT2D eigenvalue weighted by Crippen LogP contribution is -2.14. The van der Waals surface area contributed by atoms with Gasteiger partial charge in [0, 0.05) is 12.1 Å². The highest BCUT2D eigenvalue weighted by atomic mass is 32.2. The minimum Gasteiger partial charge on any atom is -0.493 e. The molecule has 8 nitrogen and oxygen atoms in total. The monoisotopic (exact) mass is 378 g/mol. The number of hydroxylamine groups is 1. The third-order valence-electron chi connectivity index (χ3n) is 3.36. The second-order valence-corrected chi connectivity index (χ2v) is 6.74. The van der Waals surface area contributed by atoms with E-state index in [-0.39, 0.29) is 4.90 Å². The molecule has 0 atom stereocenters. The first-order valence-corrected chi connectivity index (χ1v) is 8.85. The second-order valence-electron chi connectivity index (χ2n) is 5.05. The minimum absolute atomic E-state index is 0.0519. The van der Waals surface area contributed by atoms with Crippen LogP contribution in [0.5, 0.6) is 11.5 Å². The van der Waals surface area contributed by atoms with Gasteiger partial charge in [-0.1, -0.05) is 12.1 Å². The summed E-state index contributed by atoms with van der Waals surface area (Å²) >= 11 is 0. The number of hydrogen-bond acceptors (Lipinski definition) is 6. The van der Waals surface area contributed by atoms with E-state index in [1.807, 2.05) is 0 Å². The molecule has 138 valence electrons. The number of nitrogens with one attached hydrogen (secondary N) is 2. The smallest absolute Gasteiger partial charge is 0.267 e. The highest BCUT2D eigenvalue weighted by Crippen LogP contribution is 2.30. The van der Waals surface area contributed by atoms with Crippen LogP contribution in [0, 0.1) is 0 Å². The number of carbonyl (C=O) groups excluding carboxylic acids is 1. The molecule has 2 aromatic rings. The topological polar surface area (TPSA) is 114 Å². The predicted molar refractivity (Wildman–Crippen MR) is 95.8 cm³/mol. The Hall–Kier alpha value is -3.04. The van der Waals surface area contributed by atoms with E-state index < -0.39 is 15.9 Å². The lowest BCUT2D eigenvalue weighted by Gasteiger charge is -2.12. The minimum atomic E-state index is -3.80. The van der Waals surface area contributed by atoms with Gasteiger partial charge in [0.05, 0.1) is 24.8 Å². The van der Waals surface area contributed by atoms with Gasteiger partial charge in [0.1, 0.15) is 0 Å². The summed E-state index contributed by atoms with van der Waals surface area (Å²) in [5.74, 6) is 0.200. The summed E-state index contributed by atoms with van der Waals surface area (Å²) in [5, 5.41) is 8.42. The van der Waals surface area contributed by atoms with Gasteiger partial charge in [0.25, 0.3) is 15.9 Å². The summed E-state index contributed by atoms with van der Waals surface area (Å²) in [6, 6.07) is 10.5. The van der Waals surface area contributed by atoms with Crippen molar-refractivity contribution in [3.63, 3.8) is 0 Å². The van der Waals surface area contributed by atoms with Gasteiger partial charge in [-0.15, -0.1) is 0 Å². The van der Waals surface area contributed by atoms with Gasteiger partial charge in [0.2, 0.25) is 0 Å². The quantitative estimate of drug-likeness (QED) is 0.386. The zero-order valence-electron chi connectivity index (χ0n) is 14.1. The normalized spacial score (nSPS) is 11.2. The molecule has 0 fully saturated rings. The van der Waals surface area contributed by atoms with Crippen LogP contribution in [0.2, 0.25) is 0 Å². The Balaban J connectivity index is 2.20. The molecule has 0 radical (unpaired) electrons. The molecule has 0 saturated heterocycles. The molecule has 0 spiro atoms. The summed E-state index contributed by atoms with van der Waals surface area (Å²) in [5.41, 5.74) is 2.39. The Morgan fingerprint density at radius 2 is 1.69 bits per heavy atom. The van der Waals surface area contributed by atoms with Crippen LogP contribution in [-0.4, -0.2) is 33.8 Å². The highest BCUT2D eigenvalue weighted by Gasteiger charge is 2.15. The lowest BCUT2D eigenvalue weighted by atomic mass is 10.2. The first-order valence-electron chi connectivity index (χ1n) is 7.36. The third kappa shape index (κ3) is 4.74. The van der Waals surface area contributed by atoms with Crippen molar-refractivity contribution in [3.8, 4) is 11.5 Å². The number of amides is 1. The van der Waals surface area contributed by atoms with Crippen molar-refractivity contribution in [3.05, 3.63) is 54.1 Å². The molecule has 0 heterocycles. The van der Waals surface area contributed by atoms with Crippen molar-refractivity contribution in [2.24, 2.45) is 0 Å². The first kappa shape index (κ1) is 19.3. The number of sulfonamides is 1. The zero-order valence-corrected chi connectivity index (χ0v) is 14.9. The van der Waals surface area contributed by atoms with Gasteiger partial charge >= 0.3 is 0 Å². The van der Waals surface area contributed by atoms with Crippen LogP contribution in [-0.2, 0) is 14.8 Å². The molecule has 0 bridgehead atoms. The summed E-state index contributed by atoms with van der Waals surface area (Å²) in [7, 11) is -0.855. The maximum atomic E-state index is 12.5. The number of rotatable bonds is 7. The zero-order chi connectivity index (χ0) is 19.2. The van der Waals surface area contributed by atoms with Crippen molar-refractivity contribution in [1.82, 2.24) is 5.48 Å². The molecule has 2 rings (SSSR count). The summed E-state index contributed by atoms with van der Waals surface area (Å²) in [6.45, 7) is 0. The summed E-state index contributed by atoms with van der Waals surface area (Å²) in [6.07, 6.45) is 2.55. The van der Waals surface area contributed by atoms with E-state index in [9.17, 15) is 13.2 Å². The van der Waals surface area contributed by atoms with Crippen LogP contribution < -0.4 is 19.7 Å². The fourth-order valence-corrected chi connectivity index (χ4v) is 3.13. The predicted octanol–water partition coefficient (Wildman–Crippen LogP) is 2.02. The molecule has 9 heteroatoms. The Morgan fingerprint density at radius 3 is 2.27 bits per heavy atom. The number of anilines is 1. The fourth-order valence-electron chi connectivity index (χ4n) is 2.08. The standard InChI is InChI=1S/C17H18N2O6S/c1-24-15-9-6-13(11-16(15)25-2)19-26(22,23)14-7-3-12(4-8-14)5-10-17(20)18-21/h3-11,19,21H,1-2H3,(H,18,20)/b10-5+. The van der Waals surface area contributed by atoms with E-state index in [2.05, 4.69) is 4.72 Å². The van der Waals surface area contributed by atoms with Gasteiger partial charge in [-0.25, -0.2) is 13.9 Å². The maximum Gasteiger partial charge on any atom is 0.267 e. The molecule has 0 aliphatic carbocycles. The largest absolute Gasteiger partial charge is 0.493 e.